The van der Waals surface area contributed by atoms with Crippen LogP contribution in [0.25, 0.3) is 10.9 Å². The standard InChI is InChI=1S/C29H30F3N5O3/c1-4-19-9-10-22(29(30,31)32)24(14-19)36-28-21-15-25(35-27(38)8-7-12-37(5-2)6-3)26(16-23(21)33-18-34-28)40-20-11-13-39-17-20/h1,7-10,14-16,18,20H,5-6,11-13,17H2,2-3H3,(H,35,38)(H,33,34,36). The van der Waals surface area contributed by atoms with Crippen molar-refractivity contribution in [2.75, 3.05) is 43.5 Å². The highest BCUT2D eigenvalue weighted by Crippen LogP contribution is 2.39. The maximum absolute atomic E-state index is 13.7. The smallest absolute Gasteiger partial charge is 0.418 e. The van der Waals surface area contributed by atoms with Gasteiger partial charge < -0.3 is 25.0 Å². The number of aromatic nitrogens is 2. The Morgan fingerprint density at radius 1 is 1.23 bits per heavy atom. The van der Waals surface area contributed by atoms with Gasteiger partial charge in [0.1, 0.15) is 24.0 Å². The van der Waals surface area contributed by atoms with E-state index >= 15 is 0 Å². The number of terminal acetylenes is 1. The van der Waals surface area contributed by atoms with Crippen molar-refractivity contribution in [1.29, 1.82) is 0 Å². The van der Waals surface area contributed by atoms with Crippen molar-refractivity contribution in [2.24, 2.45) is 0 Å². The number of amides is 1. The van der Waals surface area contributed by atoms with E-state index in [1.807, 2.05) is 13.8 Å². The van der Waals surface area contributed by atoms with Gasteiger partial charge in [0, 0.05) is 36.1 Å². The van der Waals surface area contributed by atoms with Crippen molar-refractivity contribution in [3.05, 3.63) is 59.9 Å². The summed E-state index contributed by atoms with van der Waals surface area (Å²) in [5.74, 6) is 2.43. The van der Waals surface area contributed by atoms with Crippen molar-refractivity contribution in [3.63, 3.8) is 0 Å². The summed E-state index contributed by atoms with van der Waals surface area (Å²) in [6, 6.07) is 6.59. The zero-order chi connectivity index (χ0) is 28.7. The second-order valence-corrected chi connectivity index (χ2v) is 9.10. The monoisotopic (exact) mass is 553 g/mol. The van der Waals surface area contributed by atoms with Gasteiger partial charge in [0.25, 0.3) is 0 Å². The van der Waals surface area contributed by atoms with Crippen LogP contribution in [0.15, 0.2) is 48.8 Å². The Morgan fingerprint density at radius 2 is 2.02 bits per heavy atom. The molecule has 0 saturated carbocycles. The molecule has 0 spiro atoms. The Balaban J connectivity index is 1.71. The second-order valence-electron chi connectivity index (χ2n) is 9.10. The molecule has 1 atom stereocenters. The van der Waals surface area contributed by atoms with E-state index in [1.165, 1.54) is 24.5 Å². The maximum Gasteiger partial charge on any atom is 0.418 e. The van der Waals surface area contributed by atoms with E-state index in [2.05, 4.69) is 31.4 Å². The quantitative estimate of drug-likeness (QED) is 0.258. The van der Waals surface area contributed by atoms with Crippen LogP contribution in [0.4, 0.5) is 30.4 Å². The molecule has 210 valence electrons. The molecule has 0 bridgehead atoms. The van der Waals surface area contributed by atoms with Gasteiger partial charge in [-0.15, -0.1) is 6.42 Å². The van der Waals surface area contributed by atoms with Crippen molar-refractivity contribution >= 4 is 34.0 Å². The lowest BCUT2D eigenvalue weighted by Gasteiger charge is -2.19. The number of rotatable bonds is 10. The molecule has 0 aliphatic carbocycles. The zero-order valence-electron chi connectivity index (χ0n) is 22.2. The first kappa shape index (κ1) is 28.9. The number of fused-ring (bicyclic) bond motifs is 1. The van der Waals surface area contributed by atoms with Crippen LogP contribution in [0, 0.1) is 12.3 Å². The molecule has 1 unspecified atom stereocenters. The molecule has 3 aromatic rings. The summed E-state index contributed by atoms with van der Waals surface area (Å²) < 4.78 is 52.8. The fraction of sp³-hybridized carbons (Fsp3) is 0.345. The normalized spacial score (nSPS) is 15.5. The zero-order valence-corrected chi connectivity index (χ0v) is 22.2. The van der Waals surface area contributed by atoms with Crippen LogP contribution in [0.3, 0.4) is 0 Å². The number of hydrogen-bond acceptors (Lipinski definition) is 7. The summed E-state index contributed by atoms with van der Waals surface area (Å²) in [7, 11) is 0. The summed E-state index contributed by atoms with van der Waals surface area (Å²) in [5, 5.41) is 5.98. The highest BCUT2D eigenvalue weighted by Gasteiger charge is 2.34. The van der Waals surface area contributed by atoms with E-state index in [4.69, 9.17) is 15.9 Å². The molecule has 2 N–H and O–H groups in total. The highest BCUT2D eigenvalue weighted by atomic mass is 19.4. The molecule has 2 aromatic carbocycles. The largest absolute Gasteiger partial charge is 0.486 e. The van der Waals surface area contributed by atoms with E-state index in [1.54, 1.807) is 18.2 Å². The highest BCUT2D eigenvalue weighted by molar-refractivity contribution is 6.03. The number of nitrogens with zero attached hydrogens (tertiary/aromatic N) is 3. The van der Waals surface area contributed by atoms with Gasteiger partial charge in [-0.2, -0.15) is 13.2 Å². The summed E-state index contributed by atoms with van der Waals surface area (Å²) >= 11 is 0. The summed E-state index contributed by atoms with van der Waals surface area (Å²) in [6.45, 7) is 7.35. The molecule has 8 nitrogen and oxygen atoms in total. The minimum Gasteiger partial charge on any atom is -0.486 e. The SMILES string of the molecule is C#Cc1ccc(C(F)(F)F)c(Nc2ncnc3cc(OC4CCOC4)c(NC(=O)C=CCN(CC)CC)cc23)c1. The molecule has 1 amide bonds. The Kier molecular flexibility index (Phi) is 9.24. The van der Waals surface area contributed by atoms with Crippen LogP contribution in [0.5, 0.6) is 5.75 Å². The van der Waals surface area contributed by atoms with Crippen LogP contribution < -0.4 is 15.4 Å². The maximum atomic E-state index is 13.7. The first-order valence-electron chi connectivity index (χ1n) is 12.9. The molecule has 40 heavy (non-hydrogen) atoms. The van der Waals surface area contributed by atoms with Crippen LogP contribution in [-0.2, 0) is 15.7 Å². The molecule has 1 aromatic heterocycles. The number of hydrogen-bond donors (Lipinski definition) is 2. The molecule has 4 rings (SSSR count). The minimum atomic E-state index is -4.63. The molecule has 1 aliphatic heterocycles. The van der Waals surface area contributed by atoms with Gasteiger partial charge in [0.2, 0.25) is 5.91 Å². The Labute approximate surface area is 230 Å². The fourth-order valence-electron chi connectivity index (χ4n) is 4.24. The molecular weight excluding hydrogens is 523 g/mol. The average molecular weight is 554 g/mol. The number of ether oxygens (including phenoxy) is 2. The fourth-order valence-corrected chi connectivity index (χ4v) is 4.24. The summed E-state index contributed by atoms with van der Waals surface area (Å²) in [5.41, 5.74) is -0.151. The van der Waals surface area contributed by atoms with Crippen molar-refractivity contribution in [3.8, 4) is 18.1 Å². The Hall–Kier alpha value is -4.14. The van der Waals surface area contributed by atoms with Gasteiger partial charge in [0.05, 0.1) is 35.7 Å². The van der Waals surface area contributed by atoms with E-state index in [0.717, 1.165) is 19.2 Å². The molecular formula is C29H30F3N5O3. The third-order valence-electron chi connectivity index (χ3n) is 6.45. The minimum absolute atomic E-state index is 0.105. The van der Waals surface area contributed by atoms with Gasteiger partial charge >= 0.3 is 6.18 Å². The average Bonchev–Trinajstić information content (AvgIpc) is 3.44. The van der Waals surface area contributed by atoms with Crippen LogP contribution in [0.2, 0.25) is 0 Å². The van der Waals surface area contributed by atoms with Gasteiger partial charge in [-0.3, -0.25) is 4.79 Å². The lowest BCUT2D eigenvalue weighted by molar-refractivity contribution is -0.136. The van der Waals surface area contributed by atoms with Crippen LogP contribution >= 0.6 is 0 Å². The Morgan fingerprint density at radius 3 is 2.70 bits per heavy atom. The molecule has 2 heterocycles. The first-order valence-corrected chi connectivity index (χ1v) is 12.9. The molecule has 1 saturated heterocycles. The number of carbonyl (C=O) groups is 1. The third kappa shape index (κ3) is 7.08. The summed E-state index contributed by atoms with van der Waals surface area (Å²) in [6.07, 6.45) is 5.70. The number of nitrogens with one attached hydrogen (secondary N) is 2. The number of benzene rings is 2. The lowest BCUT2D eigenvalue weighted by Crippen LogP contribution is -2.23. The Bertz CT molecular complexity index is 1420. The molecule has 1 fully saturated rings. The molecule has 0 radical (unpaired) electrons. The number of halogens is 3. The molecule has 11 heteroatoms. The van der Waals surface area contributed by atoms with E-state index in [0.29, 0.717) is 48.5 Å². The topological polar surface area (TPSA) is 88.6 Å². The second kappa shape index (κ2) is 12.8. The van der Waals surface area contributed by atoms with Crippen molar-refractivity contribution in [1.82, 2.24) is 14.9 Å². The predicted octanol–water partition coefficient (Wildman–Crippen LogP) is 5.38. The van der Waals surface area contributed by atoms with Crippen molar-refractivity contribution < 1.29 is 27.4 Å². The third-order valence-corrected chi connectivity index (χ3v) is 6.45. The van der Waals surface area contributed by atoms with Gasteiger partial charge in [-0.1, -0.05) is 25.8 Å². The summed E-state index contributed by atoms with van der Waals surface area (Å²) in [4.78, 5) is 23.4. The van der Waals surface area contributed by atoms with Gasteiger partial charge in [-0.25, -0.2) is 9.97 Å². The van der Waals surface area contributed by atoms with E-state index in [-0.39, 0.29) is 29.1 Å². The van der Waals surface area contributed by atoms with Gasteiger partial charge in [-0.05, 0) is 37.4 Å². The van der Waals surface area contributed by atoms with Crippen LogP contribution in [0.1, 0.15) is 31.4 Å². The lowest BCUT2D eigenvalue weighted by atomic mass is 10.1. The van der Waals surface area contributed by atoms with Crippen LogP contribution in [-0.4, -0.2) is 59.7 Å². The van der Waals surface area contributed by atoms with E-state index in [9.17, 15) is 18.0 Å². The number of alkyl halides is 3. The van der Waals surface area contributed by atoms with E-state index < -0.39 is 11.7 Å². The van der Waals surface area contributed by atoms with Crippen molar-refractivity contribution in [2.45, 2.75) is 32.5 Å². The molecule has 1 aliphatic rings. The number of likely N-dealkylation sites (N-methyl/N-ethyl adjacent to an activating group) is 1. The predicted molar refractivity (Wildman–Crippen MR) is 148 cm³/mol. The number of anilines is 3. The number of carbonyl (C=O) groups excluding carboxylic acids is 1. The first-order chi connectivity index (χ1) is 19.2. The van der Waals surface area contributed by atoms with Gasteiger partial charge in [0.15, 0.2) is 0 Å².